The van der Waals surface area contributed by atoms with Crippen molar-refractivity contribution in [2.75, 3.05) is 6.26 Å². The number of carbonyl (C=O) groups excluding carboxylic acids is 4. The molecular weight excluding hydrogens is 694 g/mol. The van der Waals surface area contributed by atoms with E-state index in [1.807, 2.05) is 35.9 Å². The number of hydrogen-bond acceptors (Lipinski definition) is 9. The van der Waals surface area contributed by atoms with Gasteiger partial charge in [-0.15, -0.1) is 0 Å². The number of carbonyl (C=O) groups is 6. The van der Waals surface area contributed by atoms with Gasteiger partial charge < -0.3 is 30.2 Å². The summed E-state index contributed by atoms with van der Waals surface area (Å²) in [6.45, 7) is 3.27. The molecule has 3 aromatic rings. The lowest BCUT2D eigenvalue weighted by molar-refractivity contribution is -0.150. The number of ether oxygens (including phenoxy) is 1. The van der Waals surface area contributed by atoms with E-state index in [1.165, 1.54) is 0 Å². The molecule has 0 fully saturated rings. The number of para-hydroxylation sites is 1. The van der Waals surface area contributed by atoms with Crippen LogP contribution < -0.4 is 10.6 Å². The maximum atomic E-state index is 14.1. The van der Waals surface area contributed by atoms with E-state index in [0.29, 0.717) is 11.1 Å². The number of nitrogens with zero attached hydrogens (tertiary/aromatic N) is 1. The summed E-state index contributed by atoms with van der Waals surface area (Å²) in [5.74, 6) is -8.44. The third kappa shape index (κ3) is 13.1. The lowest BCUT2D eigenvalue weighted by atomic mass is 9.86. The first kappa shape index (κ1) is 41.1. The van der Waals surface area contributed by atoms with Crippen LogP contribution in [-0.4, -0.2) is 77.0 Å². The van der Waals surface area contributed by atoms with Gasteiger partial charge in [-0.2, -0.15) is 0 Å². The summed E-state index contributed by atoms with van der Waals surface area (Å²) in [4.78, 5) is 77.2. The second-order valence-corrected chi connectivity index (χ2v) is 15.0. The molecule has 280 valence electrons. The predicted molar refractivity (Wildman–Crippen MR) is 191 cm³/mol. The molecule has 0 saturated carbocycles. The minimum absolute atomic E-state index is 0.0324. The summed E-state index contributed by atoms with van der Waals surface area (Å²) in [6.07, 6.45) is 1.43. The molecule has 3 rings (SSSR count). The maximum absolute atomic E-state index is 14.1. The molecular formula is C37H45N3O11S. The molecule has 0 spiro atoms. The predicted octanol–water partition coefficient (Wildman–Crippen LogP) is 3.18. The Kier molecular flexibility index (Phi) is 14.9. The zero-order chi connectivity index (χ0) is 38.6. The first-order valence-electron chi connectivity index (χ1n) is 16.6. The van der Waals surface area contributed by atoms with E-state index >= 15 is 0 Å². The molecule has 15 heteroatoms. The number of benzene rings is 2. The topological polar surface area (TPSA) is 215 Å². The molecule has 0 bridgehead atoms. The first-order chi connectivity index (χ1) is 24.4. The van der Waals surface area contributed by atoms with Crippen molar-refractivity contribution in [3.05, 3.63) is 83.4 Å². The van der Waals surface area contributed by atoms with E-state index in [-0.39, 0.29) is 13.0 Å². The number of esters is 1. The molecule has 0 unspecified atom stereocenters. The SMILES string of the molecule is CC(C)[C@H](CC(=O)[C@H](Cc1cn(C)c2ccccc12)NC(=O)[C@H](CC(=O)O)CC(=O)OCc1ccccc1)C(=O)N[C@H](/C=C/S(C)(=O)=O)CC(=O)O. The van der Waals surface area contributed by atoms with Crippen molar-refractivity contribution in [1.29, 1.82) is 0 Å². The zero-order valence-electron chi connectivity index (χ0n) is 29.5. The van der Waals surface area contributed by atoms with Crippen LogP contribution in [0.25, 0.3) is 10.9 Å². The molecule has 2 amide bonds. The third-order valence-electron chi connectivity index (χ3n) is 8.40. The minimum atomic E-state index is -3.64. The van der Waals surface area contributed by atoms with Crippen molar-refractivity contribution in [1.82, 2.24) is 15.2 Å². The largest absolute Gasteiger partial charge is 0.481 e. The quantitative estimate of drug-likeness (QED) is 0.124. The Morgan fingerprint density at radius 2 is 1.48 bits per heavy atom. The van der Waals surface area contributed by atoms with Crippen LogP contribution in [0.15, 0.2) is 72.3 Å². The highest BCUT2D eigenvalue weighted by Crippen LogP contribution is 2.24. The average molecular weight is 740 g/mol. The number of sulfone groups is 1. The van der Waals surface area contributed by atoms with Gasteiger partial charge in [0.05, 0.1) is 37.3 Å². The van der Waals surface area contributed by atoms with Gasteiger partial charge >= 0.3 is 17.9 Å². The molecule has 52 heavy (non-hydrogen) atoms. The van der Waals surface area contributed by atoms with Crippen molar-refractivity contribution in [3.8, 4) is 0 Å². The Labute approximate surface area is 302 Å². The van der Waals surface area contributed by atoms with Gasteiger partial charge in [0.2, 0.25) is 11.8 Å². The molecule has 14 nitrogen and oxygen atoms in total. The van der Waals surface area contributed by atoms with Crippen LogP contribution in [0.2, 0.25) is 0 Å². The molecule has 0 aliphatic heterocycles. The number of nitrogens with one attached hydrogen (secondary N) is 2. The Bertz CT molecular complexity index is 1900. The standard InChI is InChI=1S/C37H45N3O11S/c1-23(2)29(37(48)38-27(19-34(44)45)14-15-52(4,49)50)20-32(41)30(16-26-21-40(3)31-13-9-8-12-28(26)31)39-36(47)25(17-33(42)43)18-35(46)51-22-24-10-6-5-7-11-24/h5-15,21,23,25,27,29-30H,16-20,22H2,1-4H3,(H,38,48)(H,39,47)(H,42,43)(H,44,45)/b15-14+/t25-,27-,29+,30+/m1/s1. The lowest BCUT2D eigenvalue weighted by Gasteiger charge is -2.26. The van der Waals surface area contributed by atoms with Gasteiger partial charge in [-0.3, -0.25) is 28.8 Å². The van der Waals surface area contributed by atoms with E-state index < -0.39 is 101 Å². The smallest absolute Gasteiger partial charge is 0.306 e. The fraction of sp³-hybridized carbons (Fsp3) is 0.405. The van der Waals surface area contributed by atoms with Crippen molar-refractivity contribution < 1.29 is 52.1 Å². The molecule has 4 atom stereocenters. The Morgan fingerprint density at radius 1 is 0.846 bits per heavy atom. The number of aliphatic carboxylic acids is 2. The summed E-state index contributed by atoms with van der Waals surface area (Å²) in [7, 11) is -1.82. The van der Waals surface area contributed by atoms with Crippen LogP contribution in [0.4, 0.5) is 0 Å². The maximum Gasteiger partial charge on any atom is 0.306 e. The number of carboxylic acids is 2. The van der Waals surface area contributed by atoms with Crippen LogP contribution in [0.3, 0.4) is 0 Å². The molecule has 0 radical (unpaired) electrons. The Hall–Kier alpha value is -5.31. The number of Topliss-reactive ketones (excluding diaryl/α,β-unsaturated/α-hetero) is 1. The number of ketones is 1. The number of rotatable bonds is 20. The average Bonchev–Trinajstić information content (AvgIpc) is 3.38. The van der Waals surface area contributed by atoms with Crippen LogP contribution in [0.1, 0.15) is 50.7 Å². The van der Waals surface area contributed by atoms with Gasteiger partial charge in [0.15, 0.2) is 15.6 Å². The summed E-state index contributed by atoms with van der Waals surface area (Å²) in [6, 6.07) is 13.7. The van der Waals surface area contributed by atoms with Crippen molar-refractivity contribution in [2.45, 2.75) is 64.6 Å². The van der Waals surface area contributed by atoms with E-state index in [9.17, 15) is 47.4 Å². The highest BCUT2D eigenvalue weighted by atomic mass is 32.2. The van der Waals surface area contributed by atoms with Gasteiger partial charge in [-0.25, -0.2) is 8.42 Å². The fourth-order valence-electron chi connectivity index (χ4n) is 5.68. The van der Waals surface area contributed by atoms with Gasteiger partial charge in [0, 0.05) is 54.6 Å². The molecule has 0 aliphatic rings. The van der Waals surface area contributed by atoms with Crippen molar-refractivity contribution in [3.63, 3.8) is 0 Å². The first-order valence-corrected chi connectivity index (χ1v) is 18.6. The summed E-state index contributed by atoms with van der Waals surface area (Å²) in [5, 5.41) is 25.7. The van der Waals surface area contributed by atoms with Gasteiger partial charge in [-0.05, 0) is 23.1 Å². The number of carboxylic acid groups (broad SMARTS) is 2. The lowest BCUT2D eigenvalue weighted by Crippen LogP contribution is -2.48. The number of aryl methyl sites for hydroxylation is 1. The molecule has 4 N–H and O–H groups in total. The fourth-order valence-corrected chi connectivity index (χ4v) is 6.16. The second kappa shape index (κ2) is 18.8. The van der Waals surface area contributed by atoms with E-state index in [0.717, 1.165) is 28.6 Å². The Balaban J connectivity index is 1.89. The molecule has 2 aromatic carbocycles. The van der Waals surface area contributed by atoms with Crippen LogP contribution >= 0.6 is 0 Å². The molecule has 0 aliphatic carbocycles. The number of aromatic nitrogens is 1. The Morgan fingerprint density at radius 3 is 2.10 bits per heavy atom. The van der Waals surface area contributed by atoms with Crippen molar-refractivity contribution in [2.24, 2.45) is 24.8 Å². The zero-order valence-corrected chi connectivity index (χ0v) is 30.3. The van der Waals surface area contributed by atoms with E-state index in [2.05, 4.69) is 10.6 Å². The monoisotopic (exact) mass is 739 g/mol. The van der Waals surface area contributed by atoms with Crippen LogP contribution in [-0.2, 0) is 63.4 Å². The van der Waals surface area contributed by atoms with Crippen LogP contribution in [0, 0.1) is 17.8 Å². The second-order valence-electron chi connectivity index (χ2n) is 13.1. The molecule has 0 saturated heterocycles. The van der Waals surface area contributed by atoms with Gasteiger partial charge in [0.25, 0.3) is 0 Å². The highest BCUT2D eigenvalue weighted by molar-refractivity contribution is 7.93. The highest BCUT2D eigenvalue weighted by Gasteiger charge is 2.34. The molecule has 1 heterocycles. The number of hydrogen-bond donors (Lipinski definition) is 4. The van der Waals surface area contributed by atoms with Gasteiger partial charge in [-0.1, -0.05) is 68.5 Å². The normalized spacial score (nSPS) is 14.0. The summed E-state index contributed by atoms with van der Waals surface area (Å²) >= 11 is 0. The number of fused-ring (bicyclic) bond motifs is 1. The summed E-state index contributed by atoms with van der Waals surface area (Å²) < 4.78 is 30.5. The summed E-state index contributed by atoms with van der Waals surface area (Å²) in [5.41, 5.74) is 2.23. The van der Waals surface area contributed by atoms with Crippen molar-refractivity contribution >= 4 is 56.2 Å². The third-order valence-corrected chi connectivity index (χ3v) is 9.05. The number of amides is 2. The molecule has 1 aromatic heterocycles. The van der Waals surface area contributed by atoms with E-state index in [4.69, 9.17) is 4.74 Å². The van der Waals surface area contributed by atoms with E-state index in [1.54, 1.807) is 50.4 Å². The minimum Gasteiger partial charge on any atom is -0.481 e. The van der Waals surface area contributed by atoms with Crippen LogP contribution in [0.5, 0.6) is 0 Å². The van der Waals surface area contributed by atoms with Gasteiger partial charge in [0.1, 0.15) is 6.61 Å².